The molecule has 0 unspecified atom stereocenters. The molecule has 0 fully saturated rings. The van der Waals surface area contributed by atoms with Gasteiger partial charge in [-0.3, -0.25) is 0 Å². The largest absolute Gasteiger partial charge is 0.497 e. The normalized spacial score (nSPS) is 19.7. The highest BCUT2D eigenvalue weighted by atomic mass is 16.5. The van der Waals surface area contributed by atoms with Crippen LogP contribution in [0.5, 0.6) is 5.75 Å². The highest BCUT2D eigenvalue weighted by Crippen LogP contribution is 2.34. The third-order valence-corrected chi connectivity index (χ3v) is 4.41. The van der Waals surface area contributed by atoms with Gasteiger partial charge >= 0.3 is 0 Å². The predicted octanol–water partition coefficient (Wildman–Crippen LogP) is 6.11. The van der Waals surface area contributed by atoms with Crippen molar-refractivity contribution in [1.29, 1.82) is 0 Å². The Morgan fingerprint density at radius 2 is 2.00 bits per heavy atom. The molecule has 0 aliphatic heterocycles. The predicted molar refractivity (Wildman–Crippen MR) is 96.3 cm³/mol. The van der Waals surface area contributed by atoms with E-state index in [1.54, 1.807) is 7.11 Å². The molecule has 0 N–H and O–H groups in total. The summed E-state index contributed by atoms with van der Waals surface area (Å²) < 4.78 is 5.40. The highest BCUT2D eigenvalue weighted by molar-refractivity contribution is 5.75. The van der Waals surface area contributed by atoms with Gasteiger partial charge in [0, 0.05) is 0 Å². The van der Waals surface area contributed by atoms with Crippen LogP contribution in [0.2, 0.25) is 0 Å². The lowest BCUT2D eigenvalue weighted by Gasteiger charge is -2.21. The molecule has 1 aliphatic rings. The number of allylic oxidation sites excluding steroid dienone is 6. The Balaban J connectivity index is 2.56. The van der Waals surface area contributed by atoms with E-state index >= 15 is 0 Å². The maximum Gasteiger partial charge on any atom is 0.119 e. The number of rotatable bonds is 4. The molecule has 0 spiro atoms. The van der Waals surface area contributed by atoms with Crippen LogP contribution in [-0.4, -0.2) is 7.11 Å². The lowest BCUT2D eigenvalue weighted by molar-refractivity contribution is 0.414. The van der Waals surface area contributed by atoms with Gasteiger partial charge in [-0.05, 0) is 85.9 Å². The third-order valence-electron chi connectivity index (χ3n) is 4.41. The van der Waals surface area contributed by atoms with Gasteiger partial charge in [0.25, 0.3) is 0 Å². The topological polar surface area (TPSA) is 9.23 Å². The molecule has 1 nitrogen and oxygen atoms in total. The number of fused-ring (bicyclic) bond motifs is 1. The minimum absolute atomic E-state index is 0.964. The summed E-state index contributed by atoms with van der Waals surface area (Å²) in [7, 11) is 1.74. The van der Waals surface area contributed by atoms with Crippen molar-refractivity contribution in [3.63, 3.8) is 0 Å². The van der Waals surface area contributed by atoms with Crippen LogP contribution < -0.4 is 4.74 Å². The summed E-state index contributed by atoms with van der Waals surface area (Å²) in [5.74, 6) is 0.964. The van der Waals surface area contributed by atoms with E-state index in [1.165, 1.54) is 47.1 Å². The van der Waals surface area contributed by atoms with Gasteiger partial charge in [-0.25, -0.2) is 0 Å². The summed E-state index contributed by atoms with van der Waals surface area (Å²) in [6.45, 7) is 6.58. The fraction of sp³-hybridized carbons (Fsp3) is 0.429. The number of hydrogen-bond acceptors (Lipinski definition) is 1. The molecule has 0 aromatic heterocycles. The van der Waals surface area contributed by atoms with Crippen molar-refractivity contribution in [3.8, 4) is 5.75 Å². The first kappa shape index (κ1) is 16.6. The monoisotopic (exact) mass is 296 g/mol. The molecule has 0 radical (unpaired) electrons. The van der Waals surface area contributed by atoms with Crippen molar-refractivity contribution in [2.24, 2.45) is 0 Å². The van der Waals surface area contributed by atoms with Crippen molar-refractivity contribution >= 4 is 5.57 Å². The maximum absolute atomic E-state index is 5.40. The van der Waals surface area contributed by atoms with Crippen LogP contribution in [-0.2, 0) is 6.42 Å². The van der Waals surface area contributed by atoms with Crippen molar-refractivity contribution in [3.05, 3.63) is 58.7 Å². The molecule has 0 heterocycles. The minimum Gasteiger partial charge on any atom is -0.497 e. The molecule has 0 amide bonds. The van der Waals surface area contributed by atoms with E-state index in [0.717, 1.165) is 18.6 Å². The molecule has 1 aliphatic carbocycles. The second-order valence-corrected chi connectivity index (χ2v) is 5.90. The van der Waals surface area contributed by atoms with Gasteiger partial charge in [0.2, 0.25) is 0 Å². The Kier molecular flexibility index (Phi) is 6.06. The van der Waals surface area contributed by atoms with Crippen molar-refractivity contribution in [1.82, 2.24) is 0 Å². The van der Waals surface area contributed by atoms with Crippen LogP contribution in [0.3, 0.4) is 0 Å². The van der Waals surface area contributed by atoms with Gasteiger partial charge in [-0.2, -0.15) is 0 Å². The van der Waals surface area contributed by atoms with Crippen LogP contribution in [0.4, 0.5) is 0 Å². The first-order valence-corrected chi connectivity index (χ1v) is 8.41. The van der Waals surface area contributed by atoms with E-state index in [1.807, 2.05) is 0 Å². The zero-order valence-corrected chi connectivity index (χ0v) is 14.4. The molecule has 1 heteroatoms. The minimum atomic E-state index is 0.964. The SMILES string of the molecule is C\C=C/C(=C\CC)C1=C(\C)c2ccc(OC)cc2CCCC\1. The smallest absolute Gasteiger partial charge is 0.119 e. The molecule has 22 heavy (non-hydrogen) atoms. The van der Waals surface area contributed by atoms with Gasteiger partial charge in [0.05, 0.1) is 7.11 Å². The first-order chi connectivity index (χ1) is 10.7. The maximum atomic E-state index is 5.40. The number of aryl methyl sites for hydroxylation is 1. The zero-order chi connectivity index (χ0) is 15.9. The molecule has 118 valence electrons. The summed E-state index contributed by atoms with van der Waals surface area (Å²) in [4.78, 5) is 0. The van der Waals surface area contributed by atoms with Gasteiger partial charge in [-0.1, -0.05) is 31.2 Å². The number of methoxy groups -OCH3 is 1. The molecule has 1 aromatic carbocycles. The molecule has 0 atom stereocenters. The highest BCUT2D eigenvalue weighted by Gasteiger charge is 2.15. The van der Waals surface area contributed by atoms with E-state index in [4.69, 9.17) is 4.74 Å². The summed E-state index contributed by atoms with van der Waals surface area (Å²) in [6, 6.07) is 6.52. The van der Waals surface area contributed by atoms with Crippen LogP contribution in [0.25, 0.3) is 5.57 Å². The van der Waals surface area contributed by atoms with Gasteiger partial charge < -0.3 is 4.74 Å². The molecular formula is C21H28O. The van der Waals surface area contributed by atoms with Crippen LogP contribution >= 0.6 is 0 Å². The van der Waals surface area contributed by atoms with Gasteiger partial charge in [-0.15, -0.1) is 0 Å². The molecule has 1 aromatic rings. The lowest BCUT2D eigenvalue weighted by atomic mass is 9.85. The van der Waals surface area contributed by atoms with Crippen molar-refractivity contribution < 1.29 is 4.74 Å². The summed E-state index contributed by atoms with van der Waals surface area (Å²) in [5.41, 5.74) is 7.14. The fourth-order valence-electron chi connectivity index (χ4n) is 3.29. The van der Waals surface area contributed by atoms with Crippen molar-refractivity contribution in [2.45, 2.75) is 52.9 Å². The number of hydrogen-bond donors (Lipinski definition) is 0. The number of benzene rings is 1. The summed E-state index contributed by atoms with van der Waals surface area (Å²) >= 11 is 0. The molecule has 2 rings (SSSR count). The average molecular weight is 296 g/mol. The Hall–Kier alpha value is -1.76. The fourth-order valence-corrected chi connectivity index (χ4v) is 3.29. The Morgan fingerprint density at radius 3 is 2.68 bits per heavy atom. The van der Waals surface area contributed by atoms with Crippen LogP contribution in [0.1, 0.15) is 57.6 Å². The quantitative estimate of drug-likeness (QED) is 0.609. The van der Waals surface area contributed by atoms with E-state index < -0.39 is 0 Å². The third kappa shape index (κ3) is 3.71. The molecule has 0 saturated carbocycles. The standard InChI is InChI=1S/C21H28O/c1-5-9-17(10-6-2)20-12-8-7-11-18-15-19(22-4)13-14-21(18)16(20)3/h5,9-10,13-15H,6-8,11-12H2,1-4H3/b9-5-,17-10+,20-16+. The van der Waals surface area contributed by atoms with Crippen LogP contribution in [0.15, 0.2) is 47.6 Å². The zero-order valence-electron chi connectivity index (χ0n) is 14.4. The second-order valence-electron chi connectivity index (χ2n) is 5.90. The van der Waals surface area contributed by atoms with Crippen molar-refractivity contribution in [2.75, 3.05) is 7.11 Å². The molecular weight excluding hydrogens is 268 g/mol. The molecule has 0 bridgehead atoms. The Bertz CT molecular complexity index is 602. The Morgan fingerprint density at radius 1 is 1.23 bits per heavy atom. The second kappa shape index (κ2) is 8.03. The van der Waals surface area contributed by atoms with Gasteiger partial charge in [0.15, 0.2) is 0 Å². The van der Waals surface area contributed by atoms with E-state index in [9.17, 15) is 0 Å². The Labute approximate surface area is 135 Å². The summed E-state index contributed by atoms with van der Waals surface area (Å²) in [6.07, 6.45) is 12.6. The summed E-state index contributed by atoms with van der Waals surface area (Å²) in [5, 5.41) is 0. The van der Waals surface area contributed by atoms with Gasteiger partial charge in [0.1, 0.15) is 5.75 Å². The molecule has 0 saturated heterocycles. The van der Waals surface area contributed by atoms with E-state index in [-0.39, 0.29) is 0 Å². The van der Waals surface area contributed by atoms with E-state index in [2.05, 4.69) is 57.2 Å². The first-order valence-electron chi connectivity index (χ1n) is 8.41. The van der Waals surface area contributed by atoms with Crippen LogP contribution in [0, 0.1) is 0 Å². The lowest BCUT2D eigenvalue weighted by Crippen LogP contribution is -2.02. The average Bonchev–Trinajstić information content (AvgIpc) is 2.52. The van der Waals surface area contributed by atoms with E-state index in [0.29, 0.717) is 0 Å². The number of ether oxygens (including phenoxy) is 1.